The third-order valence-corrected chi connectivity index (χ3v) is 2.32. The maximum atomic E-state index is 11.6. The first-order chi connectivity index (χ1) is 6.42. The highest BCUT2D eigenvalue weighted by Gasteiger charge is 2.17. The Labute approximate surface area is 87.5 Å². The summed E-state index contributed by atoms with van der Waals surface area (Å²) < 4.78 is 0. The van der Waals surface area contributed by atoms with Gasteiger partial charge in [0.05, 0.1) is 0 Å². The Morgan fingerprint density at radius 2 is 2.29 bits per heavy atom. The molecule has 1 amide bonds. The van der Waals surface area contributed by atoms with Gasteiger partial charge in [-0.2, -0.15) is 0 Å². The molecule has 1 heterocycles. The lowest BCUT2D eigenvalue weighted by molar-refractivity contribution is 0.0915. The minimum Gasteiger partial charge on any atom is -0.346 e. The molecule has 78 valence electrons. The van der Waals surface area contributed by atoms with E-state index in [1.54, 1.807) is 5.38 Å². The Bertz CT molecular complexity index is 327. The van der Waals surface area contributed by atoms with E-state index in [1.807, 2.05) is 20.8 Å². The van der Waals surface area contributed by atoms with E-state index in [4.69, 9.17) is 5.73 Å². The van der Waals surface area contributed by atoms with Crippen molar-refractivity contribution in [3.63, 3.8) is 0 Å². The smallest absolute Gasteiger partial charge is 0.271 e. The molecule has 14 heavy (non-hydrogen) atoms. The number of hydrogen-bond donors (Lipinski definition) is 2. The van der Waals surface area contributed by atoms with Crippen LogP contribution in [0.15, 0.2) is 5.38 Å². The van der Waals surface area contributed by atoms with Crippen LogP contribution in [-0.4, -0.2) is 16.4 Å². The van der Waals surface area contributed by atoms with Crippen molar-refractivity contribution in [3.05, 3.63) is 16.1 Å². The van der Waals surface area contributed by atoms with Crippen LogP contribution < -0.4 is 11.1 Å². The van der Waals surface area contributed by atoms with Crippen molar-refractivity contribution in [2.45, 2.75) is 32.9 Å². The van der Waals surface area contributed by atoms with Crippen LogP contribution in [0.25, 0.3) is 0 Å². The molecule has 0 saturated heterocycles. The highest BCUT2D eigenvalue weighted by molar-refractivity contribution is 7.09. The van der Waals surface area contributed by atoms with Gasteiger partial charge >= 0.3 is 0 Å². The van der Waals surface area contributed by atoms with Crippen molar-refractivity contribution in [1.29, 1.82) is 0 Å². The van der Waals surface area contributed by atoms with Crippen LogP contribution in [0.2, 0.25) is 0 Å². The predicted molar refractivity (Wildman–Crippen MR) is 57.2 cm³/mol. The molecule has 3 N–H and O–H groups in total. The molecule has 0 aromatic carbocycles. The van der Waals surface area contributed by atoms with Crippen LogP contribution in [0.3, 0.4) is 0 Å². The molecule has 1 rings (SSSR count). The molecule has 0 spiro atoms. The van der Waals surface area contributed by atoms with Crippen molar-refractivity contribution in [2.75, 3.05) is 0 Å². The molecule has 0 aliphatic rings. The molecule has 5 heteroatoms. The van der Waals surface area contributed by atoms with Crippen molar-refractivity contribution in [1.82, 2.24) is 10.3 Å². The molecule has 0 atom stereocenters. The Morgan fingerprint density at radius 1 is 1.64 bits per heavy atom. The fraction of sp³-hybridized carbons (Fsp3) is 0.556. The van der Waals surface area contributed by atoms with E-state index in [2.05, 4.69) is 10.3 Å². The summed E-state index contributed by atoms with van der Waals surface area (Å²) in [6, 6.07) is 0. The average molecular weight is 213 g/mol. The standard InChI is InChI=1S/C9H15N3OS/c1-9(2,3)12-8(13)6-5-14-7(4-10)11-6/h5H,4,10H2,1-3H3,(H,12,13). The van der Waals surface area contributed by atoms with E-state index in [-0.39, 0.29) is 11.4 Å². The second-order valence-corrected chi connectivity index (χ2v) is 4.98. The topological polar surface area (TPSA) is 68.0 Å². The number of aromatic nitrogens is 1. The fourth-order valence-corrected chi connectivity index (χ4v) is 1.57. The number of carbonyl (C=O) groups is 1. The minimum atomic E-state index is -0.233. The Kier molecular flexibility index (Phi) is 3.23. The Balaban J connectivity index is 2.70. The van der Waals surface area contributed by atoms with Crippen LogP contribution in [-0.2, 0) is 6.54 Å². The monoisotopic (exact) mass is 213 g/mol. The lowest BCUT2D eigenvalue weighted by Crippen LogP contribution is -2.40. The number of hydrogen-bond acceptors (Lipinski definition) is 4. The van der Waals surface area contributed by atoms with Gasteiger partial charge in [-0.3, -0.25) is 4.79 Å². The molecule has 4 nitrogen and oxygen atoms in total. The van der Waals surface area contributed by atoms with Gasteiger partial charge in [0.1, 0.15) is 10.7 Å². The number of nitrogens with one attached hydrogen (secondary N) is 1. The molecular formula is C9H15N3OS. The van der Waals surface area contributed by atoms with E-state index in [9.17, 15) is 4.79 Å². The van der Waals surface area contributed by atoms with Crippen molar-refractivity contribution < 1.29 is 4.79 Å². The van der Waals surface area contributed by atoms with Crippen molar-refractivity contribution in [2.24, 2.45) is 5.73 Å². The van der Waals surface area contributed by atoms with E-state index >= 15 is 0 Å². The first-order valence-electron chi connectivity index (χ1n) is 4.39. The summed E-state index contributed by atoms with van der Waals surface area (Å²) >= 11 is 1.41. The first-order valence-corrected chi connectivity index (χ1v) is 5.27. The second kappa shape index (κ2) is 4.06. The number of carbonyl (C=O) groups excluding carboxylic acids is 1. The van der Waals surface area contributed by atoms with Crippen molar-refractivity contribution >= 4 is 17.2 Å². The molecule has 0 fully saturated rings. The molecule has 0 unspecified atom stereocenters. The molecular weight excluding hydrogens is 198 g/mol. The number of thiazole rings is 1. The van der Waals surface area contributed by atoms with E-state index < -0.39 is 0 Å². The van der Waals surface area contributed by atoms with Crippen LogP contribution in [0, 0.1) is 0 Å². The quantitative estimate of drug-likeness (QED) is 0.773. The molecule has 0 aliphatic heterocycles. The zero-order chi connectivity index (χ0) is 10.8. The number of nitrogens with two attached hydrogens (primary N) is 1. The third-order valence-electron chi connectivity index (χ3n) is 1.45. The fourth-order valence-electron chi connectivity index (χ4n) is 0.914. The minimum absolute atomic E-state index is 0.145. The van der Waals surface area contributed by atoms with Gasteiger partial charge in [-0.15, -0.1) is 11.3 Å². The zero-order valence-electron chi connectivity index (χ0n) is 8.63. The maximum absolute atomic E-state index is 11.6. The summed E-state index contributed by atoms with van der Waals surface area (Å²) in [5.74, 6) is -0.145. The Hall–Kier alpha value is -0.940. The average Bonchev–Trinajstić information content (AvgIpc) is 2.48. The Morgan fingerprint density at radius 3 is 2.71 bits per heavy atom. The van der Waals surface area contributed by atoms with Gasteiger partial charge < -0.3 is 11.1 Å². The molecule has 1 aromatic heterocycles. The molecule has 0 aliphatic carbocycles. The summed E-state index contributed by atoms with van der Waals surface area (Å²) in [6.45, 7) is 6.18. The van der Waals surface area contributed by atoms with Crippen LogP contribution >= 0.6 is 11.3 Å². The highest BCUT2D eigenvalue weighted by Crippen LogP contribution is 2.10. The second-order valence-electron chi connectivity index (χ2n) is 4.03. The third kappa shape index (κ3) is 3.08. The van der Waals surface area contributed by atoms with Crippen LogP contribution in [0.5, 0.6) is 0 Å². The lowest BCUT2D eigenvalue weighted by Gasteiger charge is -2.19. The summed E-state index contributed by atoms with van der Waals surface area (Å²) in [5.41, 5.74) is 5.62. The summed E-state index contributed by atoms with van der Waals surface area (Å²) in [7, 11) is 0. The van der Waals surface area contributed by atoms with Crippen LogP contribution in [0.4, 0.5) is 0 Å². The van der Waals surface area contributed by atoms with Crippen LogP contribution in [0.1, 0.15) is 36.3 Å². The molecule has 0 radical (unpaired) electrons. The highest BCUT2D eigenvalue weighted by atomic mass is 32.1. The number of nitrogens with zero attached hydrogens (tertiary/aromatic N) is 1. The van der Waals surface area contributed by atoms with Crippen molar-refractivity contribution in [3.8, 4) is 0 Å². The largest absolute Gasteiger partial charge is 0.346 e. The predicted octanol–water partition coefficient (Wildman–Crippen LogP) is 1.13. The zero-order valence-corrected chi connectivity index (χ0v) is 9.44. The molecule has 1 aromatic rings. The van der Waals surface area contributed by atoms with Gasteiger partial charge in [-0.25, -0.2) is 4.98 Å². The summed E-state index contributed by atoms with van der Waals surface area (Å²) in [5, 5.41) is 5.34. The van der Waals surface area contributed by atoms with E-state index in [0.717, 1.165) is 5.01 Å². The number of amides is 1. The maximum Gasteiger partial charge on any atom is 0.271 e. The normalized spacial score (nSPS) is 11.4. The van der Waals surface area contributed by atoms with Gasteiger partial charge in [0.2, 0.25) is 0 Å². The van der Waals surface area contributed by atoms with E-state index in [0.29, 0.717) is 12.2 Å². The van der Waals surface area contributed by atoms with E-state index in [1.165, 1.54) is 11.3 Å². The lowest BCUT2D eigenvalue weighted by atomic mass is 10.1. The molecule has 0 saturated carbocycles. The number of rotatable bonds is 2. The molecule has 0 bridgehead atoms. The summed E-state index contributed by atoms with van der Waals surface area (Å²) in [6.07, 6.45) is 0. The first kappa shape index (κ1) is 11.1. The van der Waals surface area contributed by atoms with Gasteiger partial charge in [0.25, 0.3) is 5.91 Å². The van der Waals surface area contributed by atoms with Gasteiger partial charge in [-0.05, 0) is 20.8 Å². The van der Waals surface area contributed by atoms with Gasteiger partial charge in [0, 0.05) is 17.5 Å². The van der Waals surface area contributed by atoms with Gasteiger partial charge in [0.15, 0.2) is 0 Å². The summed E-state index contributed by atoms with van der Waals surface area (Å²) in [4.78, 5) is 15.7. The van der Waals surface area contributed by atoms with Gasteiger partial charge in [-0.1, -0.05) is 0 Å². The SMILES string of the molecule is CC(C)(C)NC(=O)c1csc(CN)n1.